The van der Waals surface area contributed by atoms with E-state index >= 15 is 0 Å². The first kappa shape index (κ1) is 19.5. The summed E-state index contributed by atoms with van der Waals surface area (Å²) in [6, 6.07) is 11.5. The van der Waals surface area contributed by atoms with Crippen LogP contribution in [-0.4, -0.2) is 7.05 Å². The van der Waals surface area contributed by atoms with Gasteiger partial charge in [-0.1, -0.05) is 57.2 Å². The maximum absolute atomic E-state index is 6.46. The van der Waals surface area contributed by atoms with Gasteiger partial charge in [-0.05, 0) is 71.9 Å². The number of benzene rings is 2. The van der Waals surface area contributed by atoms with Crippen LogP contribution in [0.5, 0.6) is 0 Å². The van der Waals surface area contributed by atoms with Gasteiger partial charge in [0.05, 0.1) is 11.4 Å². The second-order valence-corrected chi connectivity index (χ2v) is 8.82. The van der Waals surface area contributed by atoms with Crippen molar-refractivity contribution in [3.8, 4) is 0 Å². The highest BCUT2D eigenvalue weighted by Gasteiger charge is 2.35. The Morgan fingerprint density at radius 1 is 1.26 bits per heavy atom. The summed E-state index contributed by atoms with van der Waals surface area (Å²) in [5, 5.41) is 3.20. The van der Waals surface area contributed by atoms with Gasteiger partial charge in [-0.15, -0.1) is 0 Å². The van der Waals surface area contributed by atoms with E-state index in [1.807, 2.05) is 7.05 Å². The molecule has 0 radical (unpaired) electrons. The molecule has 2 aromatic carbocycles. The van der Waals surface area contributed by atoms with Gasteiger partial charge < -0.3 is 11.1 Å². The van der Waals surface area contributed by atoms with Crippen molar-refractivity contribution >= 4 is 11.4 Å². The van der Waals surface area contributed by atoms with Gasteiger partial charge in [-0.3, -0.25) is 0 Å². The summed E-state index contributed by atoms with van der Waals surface area (Å²) in [6.07, 6.45) is 2.46. The molecule has 0 amide bonds. The Kier molecular flexibility index (Phi) is 5.12. The summed E-state index contributed by atoms with van der Waals surface area (Å²) in [4.78, 5) is 0. The number of allylic oxidation sites excluding steroid dienone is 1. The number of anilines is 2. The summed E-state index contributed by atoms with van der Waals surface area (Å²) in [5.41, 5.74) is 16.3. The molecule has 3 N–H and O–H groups in total. The molecular weight excluding hydrogens is 328 g/mol. The maximum atomic E-state index is 6.46. The van der Waals surface area contributed by atoms with Crippen molar-refractivity contribution in [2.24, 2.45) is 5.41 Å². The lowest BCUT2D eigenvalue weighted by Crippen LogP contribution is -2.25. The smallest absolute Gasteiger partial charge is 0.0582 e. The quantitative estimate of drug-likeness (QED) is 0.477. The van der Waals surface area contributed by atoms with E-state index in [4.69, 9.17) is 5.73 Å². The molecule has 0 saturated carbocycles. The molecule has 2 unspecified atom stereocenters. The third-order valence-electron chi connectivity index (χ3n) is 6.84. The zero-order valence-electron chi connectivity index (χ0n) is 17.7. The SMILES string of the molecule is C=C(C)C(C)(C)C(c1ccc2c(c1)C(C)CC2)c1ccc(NC)c(N)c1C. The summed E-state index contributed by atoms with van der Waals surface area (Å²) >= 11 is 0. The van der Waals surface area contributed by atoms with E-state index < -0.39 is 0 Å². The molecule has 0 bridgehead atoms. The average molecular weight is 363 g/mol. The number of nitrogen functional groups attached to an aromatic ring is 1. The molecule has 2 aromatic rings. The zero-order valence-corrected chi connectivity index (χ0v) is 17.7. The summed E-state index contributed by atoms with van der Waals surface area (Å²) in [5.74, 6) is 0.868. The van der Waals surface area contributed by atoms with E-state index in [1.165, 1.54) is 40.7 Å². The van der Waals surface area contributed by atoms with Crippen LogP contribution in [0.1, 0.15) is 73.8 Å². The minimum atomic E-state index is -0.0750. The lowest BCUT2D eigenvalue weighted by Gasteiger charge is -2.37. The standard InChI is InChI=1S/C25H34N2/c1-15(2)25(5,6)23(20-12-13-22(27-7)24(26)17(20)4)19-11-10-18-9-8-16(3)21(18)14-19/h10-14,16,23,27H,1,8-9,26H2,2-7H3. The Bertz CT molecular complexity index is 876. The minimum Gasteiger partial charge on any atom is -0.397 e. The van der Waals surface area contributed by atoms with Crippen molar-refractivity contribution in [1.82, 2.24) is 0 Å². The van der Waals surface area contributed by atoms with Crippen LogP contribution >= 0.6 is 0 Å². The van der Waals surface area contributed by atoms with Gasteiger partial charge in [-0.25, -0.2) is 0 Å². The van der Waals surface area contributed by atoms with Crippen molar-refractivity contribution in [3.63, 3.8) is 0 Å². The van der Waals surface area contributed by atoms with Gasteiger partial charge in [0, 0.05) is 13.0 Å². The molecule has 0 fully saturated rings. The van der Waals surface area contributed by atoms with E-state index in [0.717, 1.165) is 16.9 Å². The zero-order chi connectivity index (χ0) is 19.9. The fourth-order valence-electron chi connectivity index (χ4n) is 4.51. The number of hydrogen-bond acceptors (Lipinski definition) is 2. The third kappa shape index (κ3) is 3.26. The summed E-state index contributed by atoms with van der Waals surface area (Å²) in [6.45, 7) is 15.6. The molecule has 2 nitrogen and oxygen atoms in total. The summed E-state index contributed by atoms with van der Waals surface area (Å²) < 4.78 is 0. The van der Waals surface area contributed by atoms with Crippen LogP contribution in [0.25, 0.3) is 0 Å². The highest BCUT2D eigenvalue weighted by Crippen LogP contribution is 2.48. The lowest BCUT2D eigenvalue weighted by atomic mass is 9.66. The average Bonchev–Trinajstić information content (AvgIpc) is 2.99. The monoisotopic (exact) mass is 362 g/mol. The molecule has 3 rings (SSSR count). The molecule has 0 aliphatic heterocycles. The summed E-state index contributed by atoms with van der Waals surface area (Å²) in [7, 11) is 1.92. The van der Waals surface area contributed by atoms with E-state index in [0.29, 0.717) is 5.92 Å². The fourth-order valence-corrected chi connectivity index (χ4v) is 4.51. The fraction of sp³-hybridized carbons (Fsp3) is 0.440. The molecule has 1 aliphatic rings. The molecule has 0 heterocycles. The first-order valence-corrected chi connectivity index (χ1v) is 10.0. The van der Waals surface area contributed by atoms with Crippen molar-refractivity contribution in [1.29, 1.82) is 0 Å². The molecule has 1 aliphatic carbocycles. The maximum Gasteiger partial charge on any atom is 0.0582 e. The van der Waals surface area contributed by atoms with Crippen LogP contribution in [0.3, 0.4) is 0 Å². The number of nitrogens with one attached hydrogen (secondary N) is 1. The molecule has 0 saturated heterocycles. The van der Waals surface area contributed by atoms with Crippen molar-refractivity contribution in [2.75, 3.05) is 18.1 Å². The highest BCUT2D eigenvalue weighted by molar-refractivity contribution is 5.72. The van der Waals surface area contributed by atoms with Gasteiger partial charge >= 0.3 is 0 Å². The lowest BCUT2D eigenvalue weighted by molar-refractivity contribution is 0.388. The van der Waals surface area contributed by atoms with Gasteiger partial charge in [0.15, 0.2) is 0 Å². The predicted molar refractivity (Wildman–Crippen MR) is 119 cm³/mol. The van der Waals surface area contributed by atoms with Crippen LogP contribution in [0, 0.1) is 12.3 Å². The number of aryl methyl sites for hydroxylation is 1. The van der Waals surface area contributed by atoms with Gasteiger partial charge in [-0.2, -0.15) is 0 Å². The Morgan fingerprint density at radius 3 is 2.59 bits per heavy atom. The topological polar surface area (TPSA) is 38.0 Å². The molecule has 2 atom stereocenters. The Morgan fingerprint density at radius 2 is 1.96 bits per heavy atom. The number of fused-ring (bicyclic) bond motifs is 1. The van der Waals surface area contributed by atoms with Crippen molar-refractivity contribution < 1.29 is 0 Å². The largest absolute Gasteiger partial charge is 0.397 e. The van der Waals surface area contributed by atoms with Gasteiger partial charge in [0.25, 0.3) is 0 Å². The van der Waals surface area contributed by atoms with Gasteiger partial charge in [0.1, 0.15) is 0 Å². The normalized spacial score (nSPS) is 17.5. The van der Waals surface area contributed by atoms with E-state index in [1.54, 1.807) is 0 Å². The Hall–Kier alpha value is -2.22. The molecular formula is C25H34N2. The van der Waals surface area contributed by atoms with Crippen LogP contribution in [0.4, 0.5) is 11.4 Å². The van der Waals surface area contributed by atoms with Crippen molar-refractivity contribution in [2.45, 2.75) is 59.3 Å². The van der Waals surface area contributed by atoms with Crippen LogP contribution < -0.4 is 11.1 Å². The molecule has 144 valence electrons. The molecule has 0 aromatic heterocycles. The Balaban J connectivity index is 2.22. The minimum absolute atomic E-state index is 0.0750. The third-order valence-corrected chi connectivity index (χ3v) is 6.84. The van der Waals surface area contributed by atoms with Crippen molar-refractivity contribution in [3.05, 3.63) is 70.3 Å². The van der Waals surface area contributed by atoms with Crippen LogP contribution in [0.2, 0.25) is 0 Å². The highest BCUT2D eigenvalue weighted by atomic mass is 14.8. The molecule has 2 heteroatoms. The predicted octanol–water partition coefficient (Wildman–Crippen LogP) is 6.40. The van der Waals surface area contributed by atoms with Crippen LogP contribution in [0.15, 0.2) is 42.5 Å². The molecule has 27 heavy (non-hydrogen) atoms. The van der Waals surface area contributed by atoms with E-state index in [2.05, 4.69) is 76.8 Å². The Labute approximate surface area is 164 Å². The van der Waals surface area contributed by atoms with Gasteiger partial charge in [0.2, 0.25) is 0 Å². The number of nitrogens with two attached hydrogens (primary N) is 1. The molecule has 0 spiro atoms. The number of hydrogen-bond donors (Lipinski definition) is 2. The second kappa shape index (κ2) is 7.07. The first-order chi connectivity index (χ1) is 12.7. The second-order valence-electron chi connectivity index (χ2n) is 8.82. The van der Waals surface area contributed by atoms with E-state index in [9.17, 15) is 0 Å². The number of rotatable bonds is 5. The van der Waals surface area contributed by atoms with E-state index in [-0.39, 0.29) is 11.3 Å². The first-order valence-electron chi connectivity index (χ1n) is 10.0. The van der Waals surface area contributed by atoms with Crippen LogP contribution in [-0.2, 0) is 6.42 Å².